The summed E-state index contributed by atoms with van der Waals surface area (Å²) < 4.78 is 0. The van der Waals surface area contributed by atoms with Crippen LogP contribution in [-0.2, 0) is 10.8 Å². The first-order valence-corrected chi connectivity index (χ1v) is 9.12. The topological polar surface area (TPSA) is 0 Å². The molecule has 0 saturated carbocycles. The lowest BCUT2D eigenvalue weighted by atomic mass is 9.67. The second kappa shape index (κ2) is 6.20. The smallest absolute Gasteiger partial charge is 0.0305 e. The third kappa shape index (κ3) is 3.46. The minimum atomic E-state index is 0.317. The Morgan fingerprint density at radius 1 is 1.09 bits per heavy atom. The van der Waals surface area contributed by atoms with Crippen molar-refractivity contribution in [2.75, 3.05) is 0 Å². The van der Waals surface area contributed by atoms with Gasteiger partial charge in [-0.2, -0.15) is 0 Å². The first kappa shape index (κ1) is 17.3. The fourth-order valence-corrected chi connectivity index (χ4v) is 4.44. The lowest BCUT2D eigenvalue weighted by molar-refractivity contribution is 0.339. The maximum atomic E-state index is 2.45. The van der Waals surface area contributed by atoms with Gasteiger partial charge in [-0.15, -0.1) is 11.3 Å². The van der Waals surface area contributed by atoms with Gasteiger partial charge in [0, 0.05) is 9.75 Å². The molecule has 0 nitrogen and oxygen atoms in total. The first-order chi connectivity index (χ1) is 10.2. The van der Waals surface area contributed by atoms with E-state index in [9.17, 15) is 0 Å². The van der Waals surface area contributed by atoms with E-state index < -0.39 is 0 Å². The Bertz CT molecular complexity index is 599. The maximum Gasteiger partial charge on any atom is 0.0305 e. The first-order valence-electron chi connectivity index (χ1n) is 8.30. The lowest BCUT2D eigenvalue weighted by Gasteiger charge is -2.39. The molecule has 1 heteroatoms. The van der Waals surface area contributed by atoms with Gasteiger partial charge in [-0.25, -0.2) is 0 Å². The molecule has 2 rings (SSSR count). The van der Waals surface area contributed by atoms with E-state index in [-0.39, 0.29) is 0 Å². The Labute approximate surface area is 140 Å². The van der Waals surface area contributed by atoms with Crippen molar-refractivity contribution in [3.05, 3.63) is 51.3 Å². The Kier molecular flexibility index (Phi) is 4.87. The maximum absolute atomic E-state index is 2.45. The summed E-state index contributed by atoms with van der Waals surface area (Å²) in [5.74, 6) is 0. The molecule has 0 N–H and O–H groups in total. The van der Waals surface area contributed by atoms with Crippen molar-refractivity contribution in [2.45, 2.75) is 72.1 Å². The van der Waals surface area contributed by atoms with Crippen molar-refractivity contribution < 1.29 is 0 Å². The molecule has 1 aromatic heterocycles. The molecular formula is C21H30S. The van der Waals surface area contributed by atoms with Gasteiger partial charge >= 0.3 is 0 Å². The van der Waals surface area contributed by atoms with Crippen LogP contribution >= 0.6 is 11.3 Å². The molecule has 1 heterocycles. The van der Waals surface area contributed by atoms with E-state index in [2.05, 4.69) is 78.8 Å². The summed E-state index contributed by atoms with van der Waals surface area (Å²) in [6, 6.07) is 2.45. The summed E-state index contributed by atoms with van der Waals surface area (Å²) in [6.07, 6.45) is 11.3. The van der Waals surface area contributed by atoms with E-state index in [1.165, 1.54) is 28.9 Å². The summed E-state index contributed by atoms with van der Waals surface area (Å²) in [5, 5.41) is 0. The van der Waals surface area contributed by atoms with Gasteiger partial charge in [0.1, 0.15) is 0 Å². The molecular weight excluding hydrogens is 284 g/mol. The van der Waals surface area contributed by atoms with Crippen LogP contribution in [0.4, 0.5) is 0 Å². The molecule has 0 aliphatic heterocycles. The van der Waals surface area contributed by atoms with Crippen molar-refractivity contribution in [2.24, 2.45) is 0 Å². The summed E-state index contributed by atoms with van der Waals surface area (Å²) in [6.45, 7) is 16.0. The Morgan fingerprint density at radius 3 is 2.32 bits per heavy atom. The Hall–Kier alpha value is -1.08. The average Bonchev–Trinajstić information content (AvgIpc) is 2.91. The highest BCUT2D eigenvalue weighted by molar-refractivity contribution is 7.13. The predicted octanol–water partition coefficient (Wildman–Crippen LogP) is 7.02. The van der Waals surface area contributed by atoms with Crippen LogP contribution in [0.3, 0.4) is 0 Å². The van der Waals surface area contributed by atoms with Gasteiger partial charge in [0.05, 0.1) is 0 Å². The molecule has 0 atom stereocenters. The van der Waals surface area contributed by atoms with Crippen molar-refractivity contribution in [1.82, 2.24) is 0 Å². The largest absolute Gasteiger partial charge is 0.140 e. The molecule has 22 heavy (non-hydrogen) atoms. The van der Waals surface area contributed by atoms with Crippen molar-refractivity contribution in [3.63, 3.8) is 0 Å². The molecule has 120 valence electrons. The number of fused-ring (bicyclic) bond motifs is 1. The molecule has 0 unspecified atom stereocenters. The van der Waals surface area contributed by atoms with Crippen LogP contribution in [0.1, 0.15) is 76.6 Å². The van der Waals surface area contributed by atoms with E-state index >= 15 is 0 Å². The monoisotopic (exact) mass is 314 g/mol. The number of hydrogen-bond acceptors (Lipinski definition) is 1. The average molecular weight is 315 g/mol. The fourth-order valence-electron chi connectivity index (χ4n) is 2.99. The van der Waals surface area contributed by atoms with Gasteiger partial charge < -0.3 is 0 Å². The highest BCUT2D eigenvalue weighted by Gasteiger charge is 2.38. The van der Waals surface area contributed by atoms with E-state index in [0.717, 1.165) is 0 Å². The summed E-state index contributed by atoms with van der Waals surface area (Å²) >= 11 is 2.00. The van der Waals surface area contributed by atoms with E-state index in [1.807, 2.05) is 11.3 Å². The van der Waals surface area contributed by atoms with Gasteiger partial charge in [0.25, 0.3) is 0 Å². The zero-order valence-electron chi connectivity index (χ0n) is 15.2. The summed E-state index contributed by atoms with van der Waals surface area (Å²) in [7, 11) is 0. The summed E-state index contributed by atoms with van der Waals surface area (Å²) in [5.41, 5.74) is 4.89. The minimum Gasteiger partial charge on any atom is -0.140 e. The highest BCUT2D eigenvalue weighted by Crippen LogP contribution is 2.50. The molecule has 0 fully saturated rings. The second-order valence-electron chi connectivity index (χ2n) is 7.86. The molecule has 1 aliphatic rings. The quantitative estimate of drug-likeness (QED) is 0.526. The Morgan fingerprint density at radius 2 is 1.73 bits per heavy atom. The van der Waals surface area contributed by atoms with Crippen LogP contribution in [0.25, 0.3) is 5.57 Å². The van der Waals surface area contributed by atoms with Crippen LogP contribution in [0, 0.1) is 0 Å². The number of allylic oxidation sites excluding steroid dienone is 6. The normalized spacial score (nSPS) is 21.2. The number of hydrogen-bond donors (Lipinski definition) is 0. The third-order valence-electron chi connectivity index (χ3n) is 5.00. The van der Waals surface area contributed by atoms with E-state index in [4.69, 9.17) is 0 Å². The van der Waals surface area contributed by atoms with Crippen LogP contribution in [-0.4, -0.2) is 0 Å². The Balaban J connectivity index is 2.37. The number of thiophene rings is 1. The van der Waals surface area contributed by atoms with E-state index in [1.54, 1.807) is 10.4 Å². The van der Waals surface area contributed by atoms with Crippen LogP contribution in [0.15, 0.2) is 35.9 Å². The van der Waals surface area contributed by atoms with Crippen molar-refractivity contribution in [3.8, 4) is 0 Å². The fraction of sp³-hybridized carbons (Fsp3) is 0.524. The van der Waals surface area contributed by atoms with Gasteiger partial charge in [-0.3, -0.25) is 0 Å². The van der Waals surface area contributed by atoms with E-state index in [0.29, 0.717) is 10.8 Å². The molecule has 0 radical (unpaired) electrons. The SMILES string of the molecule is CC=C(C)C=CC=C(C)c1cc2c(s1)C(C)(C)CCC2(C)C. The van der Waals surface area contributed by atoms with Crippen LogP contribution in [0.2, 0.25) is 0 Å². The molecule has 1 aliphatic carbocycles. The zero-order chi connectivity index (χ0) is 16.5. The van der Waals surface area contributed by atoms with Gasteiger partial charge in [-0.1, -0.05) is 57.6 Å². The highest BCUT2D eigenvalue weighted by atomic mass is 32.1. The zero-order valence-corrected chi connectivity index (χ0v) is 16.0. The molecule has 0 saturated heterocycles. The standard InChI is InChI=1S/C21H30S/c1-8-15(2)10-9-11-16(3)18-14-17-19(22-18)21(6,7)13-12-20(17,4)5/h8-11,14H,12-13H2,1-7H3. The molecule has 0 spiro atoms. The van der Waals surface area contributed by atoms with Crippen LogP contribution in [0.5, 0.6) is 0 Å². The van der Waals surface area contributed by atoms with Gasteiger partial charge in [-0.05, 0) is 61.6 Å². The molecule has 0 amide bonds. The number of rotatable bonds is 3. The lowest BCUT2D eigenvalue weighted by Crippen LogP contribution is -2.31. The molecule has 1 aromatic rings. The summed E-state index contributed by atoms with van der Waals surface area (Å²) in [4.78, 5) is 3.02. The second-order valence-corrected chi connectivity index (χ2v) is 8.91. The van der Waals surface area contributed by atoms with Crippen LogP contribution < -0.4 is 0 Å². The van der Waals surface area contributed by atoms with Crippen molar-refractivity contribution in [1.29, 1.82) is 0 Å². The molecule has 0 bridgehead atoms. The van der Waals surface area contributed by atoms with Gasteiger partial charge in [0.2, 0.25) is 0 Å². The third-order valence-corrected chi connectivity index (χ3v) is 6.64. The molecule has 0 aromatic carbocycles. The predicted molar refractivity (Wildman–Crippen MR) is 102 cm³/mol. The van der Waals surface area contributed by atoms with Gasteiger partial charge in [0.15, 0.2) is 0 Å². The van der Waals surface area contributed by atoms with Crippen molar-refractivity contribution >= 4 is 16.9 Å². The minimum absolute atomic E-state index is 0.317.